The number of rotatable bonds is 10. The maximum atomic E-state index is 15.6. The molecule has 0 unspecified atom stereocenters. The summed E-state index contributed by atoms with van der Waals surface area (Å²) in [6, 6.07) is 9.26. The van der Waals surface area contributed by atoms with Gasteiger partial charge in [-0.15, -0.1) is 0 Å². The van der Waals surface area contributed by atoms with Crippen molar-refractivity contribution >= 4 is 29.3 Å². The molecule has 2 aromatic carbocycles. The van der Waals surface area contributed by atoms with E-state index >= 15 is 8.78 Å². The lowest BCUT2D eigenvalue weighted by atomic mass is 9.63. The number of carbonyl (C=O) groups excluding carboxylic acids is 1. The van der Waals surface area contributed by atoms with Crippen molar-refractivity contribution in [3.63, 3.8) is 0 Å². The van der Waals surface area contributed by atoms with E-state index in [0.717, 1.165) is 6.07 Å². The van der Waals surface area contributed by atoms with Gasteiger partial charge in [-0.05, 0) is 55.9 Å². The van der Waals surface area contributed by atoms with Gasteiger partial charge in [0.2, 0.25) is 0 Å². The molecular formula is C29H35Cl2F2N3O5. The molecule has 5 atom stereocenters. The lowest BCUT2D eigenvalue weighted by Gasteiger charge is -2.37. The fourth-order valence-corrected chi connectivity index (χ4v) is 5.54. The van der Waals surface area contributed by atoms with Crippen molar-refractivity contribution in [1.82, 2.24) is 10.6 Å². The van der Waals surface area contributed by atoms with E-state index in [4.69, 9.17) is 27.9 Å². The third-order valence-corrected chi connectivity index (χ3v) is 8.04. The zero-order valence-electron chi connectivity index (χ0n) is 23.2. The first-order valence-corrected chi connectivity index (χ1v) is 13.9. The predicted octanol–water partition coefficient (Wildman–Crippen LogP) is 4.77. The third kappa shape index (κ3) is 7.11. The molecule has 0 spiro atoms. The monoisotopic (exact) mass is 613 g/mol. The number of benzene rings is 2. The first-order chi connectivity index (χ1) is 19.1. The summed E-state index contributed by atoms with van der Waals surface area (Å²) in [5.41, 5.74) is -4.20. The van der Waals surface area contributed by atoms with Crippen LogP contribution in [0.1, 0.15) is 57.6 Å². The molecule has 0 aromatic heterocycles. The van der Waals surface area contributed by atoms with Gasteiger partial charge in [0.05, 0.1) is 28.7 Å². The van der Waals surface area contributed by atoms with Crippen LogP contribution in [0.15, 0.2) is 36.4 Å². The van der Waals surface area contributed by atoms with Crippen molar-refractivity contribution in [2.24, 2.45) is 5.41 Å². The number of nitriles is 1. The number of nitrogens with one attached hydrogen (secondary N) is 2. The zero-order chi connectivity index (χ0) is 30.8. The van der Waals surface area contributed by atoms with Crippen LogP contribution in [0.3, 0.4) is 0 Å². The summed E-state index contributed by atoms with van der Waals surface area (Å²) < 4.78 is 36.9. The summed E-state index contributed by atoms with van der Waals surface area (Å²) in [6.45, 7) is 6.00. The van der Waals surface area contributed by atoms with Gasteiger partial charge in [0, 0.05) is 29.8 Å². The Bertz CT molecular complexity index is 1300. The number of ether oxygens (including phenoxy) is 1. The number of halogens is 4. The molecule has 1 amide bonds. The number of hydrogen-bond donors (Lipinski definition) is 5. The summed E-state index contributed by atoms with van der Waals surface area (Å²) in [5, 5.41) is 46.2. The van der Waals surface area contributed by atoms with E-state index in [1.165, 1.54) is 44.2 Å². The minimum Gasteiger partial charge on any atom is -0.430 e. The highest BCUT2D eigenvalue weighted by atomic mass is 35.5. The standard InChI is InChI=1S/C29H35Cl2F2N3O5/c1-27(2,15-37)13-21-29(14-34,18-9-8-16(30)12-20(18)32)23(17-6-5-7-19(31)24(17)33)25(36-21)41-26(39)35-11-10-22(38)28(3,4)40/h5-9,12,21-23,25,36-38,40H,10-11,13,15H2,1-4H3,(H,35,39)/t21-,22-,23-,25+,29-/m0/s1. The van der Waals surface area contributed by atoms with E-state index in [1.807, 2.05) is 0 Å². The van der Waals surface area contributed by atoms with Crippen molar-refractivity contribution in [1.29, 1.82) is 5.26 Å². The van der Waals surface area contributed by atoms with E-state index in [1.54, 1.807) is 13.8 Å². The number of nitrogens with zero attached hydrogens (tertiary/aromatic N) is 1. The van der Waals surface area contributed by atoms with E-state index in [-0.39, 0.29) is 47.2 Å². The van der Waals surface area contributed by atoms with Crippen LogP contribution in [-0.2, 0) is 10.2 Å². The number of hydrogen-bond acceptors (Lipinski definition) is 7. The molecule has 1 fully saturated rings. The molecule has 1 aliphatic rings. The van der Waals surface area contributed by atoms with Gasteiger partial charge in [-0.1, -0.05) is 55.2 Å². The molecule has 3 rings (SSSR count). The Morgan fingerprint density at radius 1 is 1.24 bits per heavy atom. The van der Waals surface area contributed by atoms with Crippen molar-refractivity contribution in [2.45, 2.75) is 75.8 Å². The highest BCUT2D eigenvalue weighted by molar-refractivity contribution is 6.31. The Kier molecular flexibility index (Phi) is 10.3. The summed E-state index contributed by atoms with van der Waals surface area (Å²) >= 11 is 12.1. The highest BCUT2D eigenvalue weighted by Gasteiger charge is 2.61. The van der Waals surface area contributed by atoms with Crippen LogP contribution in [0.25, 0.3) is 0 Å². The van der Waals surface area contributed by atoms with Crippen LogP contribution >= 0.6 is 23.2 Å². The fraction of sp³-hybridized carbons (Fsp3) is 0.517. The molecule has 41 heavy (non-hydrogen) atoms. The average molecular weight is 615 g/mol. The van der Waals surface area contributed by atoms with Gasteiger partial charge in [0.25, 0.3) is 0 Å². The molecule has 0 aliphatic carbocycles. The molecule has 8 nitrogen and oxygen atoms in total. The van der Waals surface area contributed by atoms with Gasteiger partial charge in [0.15, 0.2) is 6.23 Å². The van der Waals surface area contributed by atoms with E-state index in [9.17, 15) is 25.4 Å². The molecule has 0 saturated carbocycles. The topological polar surface area (TPSA) is 135 Å². The van der Waals surface area contributed by atoms with Crippen molar-refractivity contribution in [3.05, 3.63) is 69.2 Å². The highest BCUT2D eigenvalue weighted by Crippen LogP contribution is 2.53. The molecule has 12 heteroatoms. The first kappa shape index (κ1) is 33.0. The van der Waals surface area contributed by atoms with Crippen molar-refractivity contribution in [3.8, 4) is 6.07 Å². The molecule has 1 saturated heterocycles. The summed E-state index contributed by atoms with van der Waals surface area (Å²) in [7, 11) is 0. The Morgan fingerprint density at radius 3 is 2.51 bits per heavy atom. The Morgan fingerprint density at radius 2 is 1.93 bits per heavy atom. The van der Waals surface area contributed by atoms with Gasteiger partial charge >= 0.3 is 6.09 Å². The molecule has 5 N–H and O–H groups in total. The summed E-state index contributed by atoms with van der Waals surface area (Å²) in [5.74, 6) is -2.97. The van der Waals surface area contributed by atoms with Crippen LogP contribution in [-0.4, -0.2) is 58.5 Å². The summed E-state index contributed by atoms with van der Waals surface area (Å²) in [6.07, 6.45) is -3.32. The molecule has 2 aromatic rings. The second kappa shape index (κ2) is 12.8. The predicted molar refractivity (Wildman–Crippen MR) is 150 cm³/mol. The van der Waals surface area contributed by atoms with Crippen molar-refractivity contribution in [2.75, 3.05) is 13.2 Å². The van der Waals surface area contributed by atoms with Crippen LogP contribution in [0.4, 0.5) is 13.6 Å². The second-order valence-corrected chi connectivity index (χ2v) is 12.5. The maximum absolute atomic E-state index is 15.6. The Hall–Kier alpha value is -2.52. The smallest absolute Gasteiger partial charge is 0.408 e. The normalized spacial score (nSPS) is 23.6. The van der Waals surface area contributed by atoms with E-state index in [2.05, 4.69) is 16.7 Å². The number of alkyl carbamates (subject to hydrolysis) is 1. The second-order valence-electron chi connectivity index (χ2n) is 11.7. The molecular weight excluding hydrogens is 579 g/mol. The Labute approximate surface area is 248 Å². The lowest BCUT2D eigenvalue weighted by molar-refractivity contribution is -0.0509. The SMILES string of the molecule is CC(C)(CO)C[C@@H]1N[C@H](OC(=O)NCC[C@H](O)C(C)(C)O)[C@H](c2cccc(Cl)c2F)[C@@]1(C#N)c1ccc(Cl)cc1F. The fourth-order valence-electron chi connectivity index (χ4n) is 5.20. The molecule has 0 radical (unpaired) electrons. The molecule has 1 heterocycles. The first-order valence-electron chi connectivity index (χ1n) is 13.1. The van der Waals surface area contributed by atoms with Gasteiger partial charge in [-0.3, -0.25) is 5.32 Å². The third-order valence-electron chi connectivity index (χ3n) is 7.51. The van der Waals surface area contributed by atoms with Gasteiger partial charge in [-0.2, -0.15) is 5.26 Å². The largest absolute Gasteiger partial charge is 0.430 e. The number of carbonyl (C=O) groups is 1. The average Bonchev–Trinajstić information content (AvgIpc) is 3.17. The van der Waals surface area contributed by atoms with Gasteiger partial charge in [0.1, 0.15) is 17.0 Å². The van der Waals surface area contributed by atoms with E-state index < -0.39 is 58.5 Å². The minimum absolute atomic E-state index is 0.00841. The molecule has 224 valence electrons. The zero-order valence-corrected chi connectivity index (χ0v) is 24.7. The number of aliphatic hydroxyl groups is 3. The molecule has 1 aliphatic heterocycles. The lowest BCUT2D eigenvalue weighted by Crippen LogP contribution is -2.45. The Balaban J connectivity index is 2.13. The van der Waals surface area contributed by atoms with Gasteiger partial charge in [-0.25, -0.2) is 13.6 Å². The van der Waals surface area contributed by atoms with E-state index in [0.29, 0.717) is 0 Å². The van der Waals surface area contributed by atoms with Crippen LogP contribution in [0.5, 0.6) is 0 Å². The molecule has 0 bridgehead atoms. The van der Waals surface area contributed by atoms with Crippen LogP contribution in [0, 0.1) is 28.4 Å². The van der Waals surface area contributed by atoms with Crippen LogP contribution < -0.4 is 10.6 Å². The number of aliphatic hydroxyl groups excluding tert-OH is 2. The minimum atomic E-state index is -1.85. The maximum Gasteiger partial charge on any atom is 0.408 e. The van der Waals surface area contributed by atoms with Crippen LogP contribution in [0.2, 0.25) is 10.0 Å². The van der Waals surface area contributed by atoms with Gasteiger partial charge < -0.3 is 25.4 Å². The summed E-state index contributed by atoms with van der Waals surface area (Å²) in [4.78, 5) is 12.9. The van der Waals surface area contributed by atoms with Crippen molar-refractivity contribution < 1.29 is 33.6 Å². The number of amides is 1. The quantitative estimate of drug-likeness (QED) is 0.260.